The molecule has 5 rings (SSSR count). The largest absolute Gasteiger partial charge is 0.484 e. The number of benzene rings is 1. The number of Topliss-reactive ketones (excluding diaryl/α,β-unsaturated/α-hetero) is 1. The van der Waals surface area contributed by atoms with Gasteiger partial charge in [0.15, 0.2) is 12.4 Å². The molecule has 5 nitrogen and oxygen atoms in total. The molecule has 4 saturated carbocycles. The number of halogens is 4. The summed E-state index contributed by atoms with van der Waals surface area (Å²) < 4.78 is 48.1. The van der Waals surface area contributed by atoms with Gasteiger partial charge in [-0.2, -0.15) is 13.2 Å². The zero-order valence-corrected chi connectivity index (χ0v) is 17.0. The van der Waals surface area contributed by atoms with Crippen LogP contribution in [0.15, 0.2) is 24.3 Å². The molecule has 0 atom stereocenters. The molecule has 1 aromatic carbocycles. The second kappa shape index (κ2) is 7.71. The summed E-state index contributed by atoms with van der Waals surface area (Å²) in [4.78, 5) is 24.3. The van der Waals surface area contributed by atoms with Gasteiger partial charge in [-0.15, -0.1) is 0 Å². The zero-order valence-electron chi connectivity index (χ0n) is 16.3. The van der Waals surface area contributed by atoms with Crippen LogP contribution in [-0.4, -0.2) is 42.7 Å². The predicted molar refractivity (Wildman–Crippen MR) is 102 cm³/mol. The molecule has 0 heterocycles. The van der Waals surface area contributed by atoms with Gasteiger partial charge in [0.25, 0.3) is 5.91 Å². The van der Waals surface area contributed by atoms with Gasteiger partial charge >= 0.3 is 6.18 Å². The molecule has 164 valence electrons. The van der Waals surface area contributed by atoms with E-state index in [1.807, 2.05) is 0 Å². The Morgan fingerprint density at radius 2 is 1.73 bits per heavy atom. The summed E-state index contributed by atoms with van der Waals surface area (Å²) in [6.45, 7) is -0.227. The molecule has 0 aromatic heterocycles. The molecule has 30 heavy (non-hydrogen) atoms. The highest BCUT2D eigenvalue weighted by Gasteiger charge is 2.68. The summed E-state index contributed by atoms with van der Waals surface area (Å²) in [5.41, 5.74) is -0.353. The Labute approximate surface area is 177 Å². The van der Waals surface area contributed by atoms with E-state index in [1.165, 1.54) is 0 Å². The monoisotopic (exact) mass is 445 g/mol. The normalized spacial score (nSPS) is 31.7. The minimum atomic E-state index is -4.17. The third-order valence-electron chi connectivity index (χ3n) is 6.34. The number of hydrogen-bond donors (Lipinski definition) is 1. The minimum absolute atomic E-state index is 0.0604. The van der Waals surface area contributed by atoms with E-state index in [0.29, 0.717) is 17.2 Å². The number of nitrogens with one attached hydrogen (secondary N) is 1. The van der Waals surface area contributed by atoms with E-state index in [4.69, 9.17) is 21.1 Å². The summed E-state index contributed by atoms with van der Waals surface area (Å²) in [6, 6.07) is 6.73. The van der Waals surface area contributed by atoms with Gasteiger partial charge < -0.3 is 14.8 Å². The Morgan fingerprint density at radius 1 is 1.10 bits per heavy atom. The van der Waals surface area contributed by atoms with Crippen LogP contribution in [0.1, 0.15) is 38.5 Å². The van der Waals surface area contributed by atoms with Crippen LogP contribution in [0, 0.1) is 11.3 Å². The van der Waals surface area contributed by atoms with E-state index in [1.54, 1.807) is 24.3 Å². The molecule has 0 aliphatic heterocycles. The summed E-state index contributed by atoms with van der Waals surface area (Å²) in [7, 11) is 0. The molecule has 4 aliphatic rings. The molecule has 4 aliphatic carbocycles. The maximum atomic E-state index is 12.5. The Kier molecular flexibility index (Phi) is 5.51. The van der Waals surface area contributed by atoms with Crippen LogP contribution in [0.3, 0.4) is 0 Å². The SMILES string of the molecule is O=C(COC1CC(C(F)(F)F)C1)CC12CC(NC(=O)COc3ccc(Cl)cc3)(C1)C2. The number of ether oxygens (including phenoxy) is 2. The van der Waals surface area contributed by atoms with Crippen LogP contribution in [0.4, 0.5) is 13.2 Å². The summed E-state index contributed by atoms with van der Waals surface area (Å²) in [6.07, 6.45) is -2.21. The van der Waals surface area contributed by atoms with Crippen LogP contribution in [0.5, 0.6) is 5.75 Å². The third kappa shape index (κ3) is 4.59. The van der Waals surface area contributed by atoms with Crippen LogP contribution >= 0.6 is 11.6 Å². The maximum absolute atomic E-state index is 12.5. The maximum Gasteiger partial charge on any atom is 0.392 e. The van der Waals surface area contributed by atoms with Crippen molar-refractivity contribution in [3.8, 4) is 5.75 Å². The number of ketones is 1. The van der Waals surface area contributed by atoms with E-state index < -0.39 is 18.2 Å². The van der Waals surface area contributed by atoms with Gasteiger partial charge in [-0.25, -0.2) is 0 Å². The van der Waals surface area contributed by atoms with Gasteiger partial charge in [0.2, 0.25) is 0 Å². The quantitative estimate of drug-likeness (QED) is 0.622. The number of carbonyl (C=O) groups is 2. The van der Waals surface area contributed by atoms with E-state index in [9.17, 15) is 22.8 Å². The van der Waals surface area contributed by atoms with Gasteiger partial charge in [0.05, 0.1) is 12.0 Å². The molecular formula is C21H23ClF3NO4. The molecule has 9 heteroatoms. The first-order chi connectivity index (χ1) is 14.1. The van der Waals surface area contributed by atoms with Gasteiger partial charge in [0.1, 0.15) is 12.4 Å². The second-order valence-electron chi connectivity index (χ2n) is 8.96. The smallest absolute Gasteiger partial charge is 0.392 e. The van der Waals surface area contributed by atoms with Crippen molar-refractivity contribution >= 4 is 23.3 Å². The van der Waals surface area contributed by atoms with E-state index in [0.717, 1.165) is 19.3 Å². The molecule has 0 unspecified atom stereocenters. The Morgan fingerprint density at radius 3 is 2.33 bits per heavy atom. The lowest BCUT2D eigenvalue weighted by Crippen LogP contribution is -2.75. The Hall–Kier alpha value is -1.80. The van der Waals surface area contributed by atoms with Crippen LogP contribution in [0.2, 0.25) is 5.02 Å². The molecule has 1 N–H and O–H groups in total. The van der Waals surface area contributed by atoms with Crippen molar-refractivity contribution in [2.75, 3.05) is 13.2 Å². The number of rotatable bonds is 9. The van der Waals surface area contributed by atoms with Gasteiger partial charge in [-0.1, -0.05) is 11.6 Å². The lowest BCUT2D eigenvalue weighted by atomic mass is 9.38. The van der Waals surface area contributed by atoms with E-state index >= 15 is 0 Å². The fourth-order valence-corrected chi connectivity index (χ4v) is 5.10. The average molecular weight is 446 g/mol. The first kappa shape index (κ1) is 21.4. The van der Waals surface area contributed by atoms with E-state index in [-0.39, 0.29) is 48.7 Å². The number of carbonyl (C=O) groups excluding carboxylic acids is 2. The van der Waals surface area contributed by atoms with Crippen molar-refractivity contribution in [3.05, 3.63) is 29.3 Å². The Balaban J connectivity index is 1.11. The molecule has 4 fully saturated rings. The second-order valence-corrected chi connectivity index (χ2v) is 9.40. The lowest BCUT2D eigenvalue weighted by Gasteiger charge is -2.70. The molecule has 2 bridgehead atoms. The first-order valence-corrected chi connectivity index (χ1v) is 10.3. The number of amides is 1. The van der Waals surface area contributed by atoms with Gasteiger partial charge in [-0.05, 0) is 61.8 Å². The van der Waals surface area contributed by atoms with Crippen LogP contribution < -0.4 is 10.1 Å². The molecule has 1 aromatic rings. The van der Waals surface area contributed by atoms with Gasteiger partial charge in [-0.3, -0.25) is 9.59 Å². The topological polar surface area (TPSA) is 64.6 Å². The molecule has 0 saturated heterocycles. The summed E-state index contributed by atoms with van der Waals surface area (Å²) in [5.74, 6) is -1.04. The lowest BCUT2D eigenvalue weighted by molar-refractivity contribution is -0.220. The van der Waals surface area contributed by atoms with Crippen LogP contribution in [0.25, 0.3) is 0 Å². The number of hydrogen-bond acceptors (Lipinski definition) is 4. The highest BCUT2D eigenvalue weighted by molar-refractivity contribution is 6.30. The zero-order chi connectivity index (χ0) is 21.6. The number of alkyl halides is 3. The highest BCUT2D eigenvalue weighted by Crippen LogP contribution is 2.69. The summed E-state index contributed by atoms with van der Waals surface area (Å²) >= 11 is 5.80. The van der Waals surface area contributed by atoms with Crippen molar-refractivity contribution in [1.82, 2.24) is 5.32 Å². The molecule has 0 radical (unpaired) electrons. The van der Waals surface area contributed by atoms with Crippen molar-refractivity contribution in [2.24, 2.45) is 11.3 Å². The van der Waals surface area contributed by atoms with Crippen molar-refractivity contribution in [1.29, 1.82) is 0 Å². The average Bonchev–Trinajstić information content (AvgIpc) is 2.55. The summed E-state index contributed by atoms with van der Waals surface area (Å²) in [5, 5.41) is 3.57. The van der Waals surface area contributed by atoms with Gasteiger partial charge in [0, 0.05) is 17.0 Å². The fraction of sp³-hybridized carbons (Fsp3) is 0.619. The van der Waals surface area contributed by atoms with E-state index in [2.05, 4.69) is 5.32 Å². The highest BCUT2D eigenvalue weighted by atomic mass is 35.5. The molecule has 1 amide bonds. The Bertz CT molecular complexity index is 801. The molecule has 0 spiro atoms. The predicted octanol–water partition coefficient (Wildman–Crippen LogP) is 4.07. The van der Waals surface area contributed by atoms with Crippen molar-refractivity contribution in [3.63, 3.8) is 0 Å². The third-order valence-corrected chi connectivity index (χ3v) is 6.59. The molecular weight excluding hydrogens is 423 g/mol. The fourth-order valence-electron chi connectivity index (χ4n) is 4.98. The minimum Gasteiger partial charge on any atom is -0.484 e. The standard InChI is InChI=1S/C21H23ClF3NO4/c22-14-1-3-16(4-2-14)30-9-18(28)26-20-10-19(11-20,12-20)7-15(27)8-29-17-5-13(6-17)21(23,24)25/h1-4,13,17H,5-12H2,(H,26,28). The first-order valence-electron chi connectivity index (χ1n) is 9.96. The van der Waals surface area contributed by atoms with Crippen LogP contribution in [-0.2, 0) is 14.3 Å². The van der Waals surface area contributed by atoms with Crippen molar-refractivity contribution in [2.45, 2.75) is 56.3 Å². The van der Waals surface area contributed by atoms with Crippen molar-refractivity contribution < 1.29 is 32.2 Å².